The van der Waals surface area contributed by atoms with Crippen LogP contribution in [0.2, 0.25) is 0 Å². The largest absolute Gasteiger partial charge is 0.367 e. The summed E-state index contributed by atoms with van der Waals surface area (Å²) in [7, 11) is 0. The molecule has 1 atom stereocenters. The summed E-state index contributed by atoms with van der Waals surface area (Å²) in [6, 6.07) is 5.35. The van der Waals surface area contributed by atoms with Crippen LogP contribution >= 0.6 is 0 Å². The highest BCUT2D eigenvalue weighted by Crippen LogP contribution is 2.29. The third kappa shape index (κ3) is 4.00. The van der Waals surface area contributed by atoms with Gasteiger partial charge in [-0.05, 0) is 25.0 Å². The quantitative estimate of drug-likeness (QED) is 0.499. The maximum atomic E-state index is 14.4. The number of rotatable bonds is 4. The fourth-order valence-corrected chi connectivity index (χ4v) is 4.37. The van der Waals surface area contributed by atoms with Gasteiger partial charge in [-0.25, -0.2) is 9.37 Å². The van der Waals surface area contributed by atoms with Crippen molar-refractivity contribution in [3.05, 3.63) is 60.1 Å². The SMILES string of the molecule is Cc1cn2cc(NC(=O)c3ccc(N4CCNC(C(C)C)C4)c4nccnc34)cc(F)c2n1. The summed E-state index contributed by atoms with van der Waals surface area (Å²) in [5.41, 5.74) is 3.81. The number of pyridine rings is 1. The summed E-state index contributed by atoms with van der Waals surface area (Å²) in [6.45, 7) is 8.80. The first-order valence-corrected chi connectivity index (χ1v) is 11.1. The second-order valence-corrected chi connectivity index (χ2v) is 8.78. The van der Waals surface area contributed by atoms with Gasteiger partial charge < -0.3 is 19.9 Å². The Morgan fingerprint density at radius 3 is 2.79 bits per heavy atom. The summed E-state index contributed by atoms with van der Waals surface area (Å²) in [6.07, 6.45) is 6.57. The van der Waals surface area contributed by atoms with Crippen LogP contribution in [0.4, 0.5) is 15.8 Å². The average molecular weight is 448 g/mol. The van der Waals surface area contributed by atoms with Crippen LogP contribution in [0.25, 0.3) is 16.7 Å². The van der Waals surface area contributed by atoms with Crippen LogP contribution in [0.15, 0.2) is 43.0 Å². The summed E-state index contributed by atoms with van der Waals surface area (Å²) >= 11 is 0. The first kappa shape index (κ1) is 21.3. The van der Waals surface area contributed by atoms with Gasteiger partial charge in [-0.3, -0.25) is 14.8 Å². The van der Waals surface area contributed by atoms with Gasteiger partial charge in [0.15, 0.2) is 11.5 Å². The lowest BCUT2D eigenvalue weighted by Gasteiger charge is -2.37. The minimum absolute atomic E-state index is 0.224. The van der Waals surface area contributed by atoms with Gasteiger partial charge in [0.05, 0.1) is 22.6 Å². The molecule has 170 valence electrons. The minimum Gasteiger partial charge on any atom is -0.367 e. The Kier molecular flexibility index (Phi) is 5.41. The number of benzene rings is 1. The van der Waals surface area contributed by atoms with Crippen molar-refractivity contribution < 1.29 is 9.18 Å². The van der Waals surface area contributed by atoms with E-state index in [9.17, 15) is 9.18 Å². The van der Waals surface area contributed by atoms with Crippen molar-refractivity contribution in [3.63, 3.8) is 0 Å². The second kappa shape index (κ2) is 8.40. The van der Waals surface area contributed by atoms with Crippen molar-refractivity contribution in [2.75, 3.05) is 29.9 Å². The number of halogens is 1. The number of aromatic nitrogens is 4. The number of nitrogens with one attached hydrogen (secondary N) is 2. The van der Waals surface area contributed by atoms with Gasteiger partial charge in [0.25, 0.3) is 5.91 Å². The van der Waals surface area contributed by atoms with Crippen molar-refractivity contribution in [3.8, 4) is 0 Å². The third-order valence-corrected chi connectivity index (χ3v) is 6.08. The molecule has 0 radical (unpaired) electrons. The highest BCUT2D eigenvalue weighted by molar-refractivity contribution is 6.13. The monoisotopic (exact) mass is 447 g/mol. The number of carbonyl (C=O) groups excluding carboxylic acids is 1. The summed E-state index contributed by atoms with van der Waals surface area (Å²) in [5.74, 6) is -0.366. The van der Waals surface area contributed by atoms with E-state index in [-0.39, 0.29) is 11.6 Å². The molecule has 8 nitrogen and oxygen atoms in total. The molecular weight excluding hydrogens is 421 g/mol. The summed E-state index contributed by atoms with van der Waals surface area (Å²) in [4.78, 5) is 28.6. The molecule has 9 heteroatoms. The van der Waals surface area contributed by atoms with Crippen LogP contribution in [0.1, 0.15) is 29.9 Å². The maximum absolute atomic E-state index is 14.4. The maximum Gasteiger partial charge on any atom is 0.257 e. The Morgan fingerprint density at radius 2 is 2.00 bits per heavy atom. The smallest absolute Gasteiger partial charge is 0.257 e. The topological polar surface area (TPSA) is 87.5 Å². The zero-order valence-electron chi connectivity index (χ0n) is 18.8. The zero-order chi connectivity index (χ0) is 23.1. The predicted octanol–water partition coefficient (Wildman–Crippen LogP) is 3.41. The Balaban J connectivity index is 1.48. The van der Waals surface area contributed by atoms with Crippen molar-refractivity contribution >= 4 is 34.0 Å². The van der Waals surface area contributed by atoms with E-state index >= 15 is 0 Å². The average Bonchev–Trinajstić information content (AvgIpc) is 3.19. The lowest BCUT2D eigenvalue weighted by molar-refractivity contribution is 0.102. The van der Waals surface area contributed by atoms with Crippen LogP contribution in [0, 0.1) is 18.7 Å². The van der Waals surface area contributed by atoms with Gasteiger partial charge >= 0.3 is 0 Å². The fourth-order valence-electron chi connectivity index (χ4n) is 4.37. The van der Waals surface area contributed by atoms with Crippen molar-refractivity contribution in [2.45, 2.75) is 26.8 Å². The van der Waals surface area contributed by atoms with E-state index in [1.807, 2.05) is 6.07 Å². The fraction of sp³-hybridized carbons (Fsp3) is 0.333. The molecule has 1 aliphatic heterocycles. The molecule has 33 heavy (non-hydrogen) atoms. The highest BCUT2D eigenvalue weighted by Gasteiger charge is 2.25. The molecule has 0 spiro atoms. The van der Waals surface area contributed by atoms with Crippen LogP contribution in [0.5, 0.6) is 0 Å². The first-order valence-electron chi connectivity index (χ1n) is 11.1. The van der Waals surface area contributed by atoms with Crippen molar-refractivity contribution in [1.29, 1.82) is 0 Å². The molecule has 1 unspecified atom stereocenters. The molecule has 0 aliphatic carbocycles. The van der Waals surface area contributed by atoms with Gasteiger partial charge in [0, 0.05) is 56.5 Å². The molecule has 5 rings (SSSR count). The number of fused-ring (bicyclic) bond motifs is 2. The molecule has 1 saturated heterocycles. The Morgan fingerprint density at radius 1 is 1.21 bits per heavy atom. The number of hydrogen-bond donors (Lipinski definition) is 2. The van der Waals surface area contributed by atoms with Crippen molar-refractivity contribution in [1.82, 2.24) is 24.7 Å². The molecule has 3 aromatic heterocycles. The molecule has 1 fully saturated rings. The van der Waals surface area contributed by atoms with Gasteiger partial charge in [0.2, 0.25) is 0 Å². The lowest BCUT2D eigenvalue weighted by Crippen LogP contribution is -2.53. The van der Waals surface area contributed by atoms with E-state index in [0.29, 0.717) is 39.9 Å². The first-order chi connectivity index (χ1) is 15.9. The van der Waals surface area contributed by atoms with E-state index in [2.05, 4.69) is 44.3 Å². The molecule has 1 amide bonds. The number of amides is 1. The standard InChI is InChI=1S/C24H26FN7O/c1-14(2)19-13-31(9-8-26-19)20-5-4-17(21-22(20)28-7-6-27-21)24(33)30-16-10-18(25)23-29-15(3)11-32(23)12-16/h4-7,10-12,14,19,26H,8-9,13H2,1-3H3,(H,30,33). The van der Waals surface area contributed by atoms with Crippen LogP contribution in [0.3, 0.4) is 0 Å². The van der Waals surface area contributed by atoms with E-state index in [0.717, 1.165) is 25.3 Å². The summed E-state index contributed by atoms with van der Waals surface area (Å²) < 4.78 is 16.0. The Hall–Kier alpha value is -3.59. The Bertz CT molecular complexity index is 1350. The van der Waals surface area contributed by atoms with Gasteiger partial charge in [0.1, 0.15) is 11.0 Å². The lowest BCUT2D eigenvalue weighted by atomic mass is 10.0. The number of piperazine rings is 1. The molecule has 0 saturated carbocycles. The molecule has 4 aromatic rings. The van der Waals surface area contributed by atoms with Crippen molar-refractivity contribution in [2.24, 2.45) is 5.92 Å². The summed E-state index contributed by atoms with van der Waals surface area (Å²) in [5, 5.41) is 6.36. The number of nitrogens with zero attached hydrogens (tertiary/aromatic N) is 5. The number of hydrogen-bond acceptors (Lipinski definition) is 6. The normalized spacial score (nSPS) is 16.6. The minimum atomic E-state index is -0.501. The molecule has 1 aliphatic rings. The molecule has 1 aromatic carbocycles. The molecule has 4 heterocycles. The van der Waals surface area contributed by atoms with E-state index in [4.69, 9.17) is 0 Å². The zero-order valence-corrected chi connectivity index (χ0v) is 18.8. The predicted molar refractivity (Wildman–Crippen MR) is 126 cm³/mol. The van der Waals surface area contributed by atoms with E-state index in [1.165, 1.54) is 6.07 Å². The number of carbonyl (C=O) groups is 1. The second-order valence-electron chi connectivity index (χ2n) is 8.78. The number of anilines is 2. The van der Waals surface area contributed by atoms with Crippen LogP contribution < -0.4 is 15.5 Å². The van der Waals surface area contributed by atoms with Gasteiger partial charge in [-0.15, -0.1) is 0 Å². The number of aryl methyl sites for hydroxylation is 1. The molecule has 0 bridgehead atoms. The van der Waals surface area contributed by atoms with Crippen LogP contribution in [-0.4, -0.2) is 50.9 Å². The molecule has 2 N–H and O–H groups in total. The van der Waals surface area contributed by atoms with Gasteiger partial charge in [-0.1, -0.05) is 13.8 Å². The highest BCUT2D eigenvalue weighted by atomic mass is 19.1. The van der Waals surface area contributed by atoms with Gasteiger partial charge in [-0.2, -0.15) is 0 Å². The van der Waals surface area contributed by atoms with Crippen LogP contribution in [-0.2, 0) is 0 Å². The third-order valence-electron chi connectivity index (χ3n) is 6.08. The van der Waals surface area contributed by atoms with E-state index in [1.54, 1.807) is 42.2 Å². The van der Waals surface area contributed by atoms with E-state index < -0.39 is 5.82 Å². The Labute approximate surface area is 190 Å². The number of imidazole rings is 1. The molecular formula is C24H26FN7O.